The van der Waals surface area contributed by atoms with Crippen LogP contribution >= 0.6 is 0 Å². The van der Waals surface area contributed by atoms with E-state index in [9.17, 15) is 4.79 Å². The van der Waals surface area contributed by atoms with Crippen molar-refractivity contribution >= 4 is 16.5 Å². The van der Waals surface area contributed by atoms with Crippen molar-refractivity contribution in [2.45, 2.75) is 33.3 Å². The van der Waals surface area contributed by atoms with E-state index in [1.54, 1.807) is 13.0 Å². The van der Waals surface area contributed by atoms with Crippen LogP contribution in [0.2, 0.25) is 0 Å². The first-order valence-electron chi connectivity index (χ1n) is 4.26. The zero-order chi connectivity index (χ0) is 10.5. The Kier molecular flexibility index (Phi) is 4.94. The van der Waals surface area contributed by atoms with Gasteiger partial charge < -0.3 is 9.16 Å². The molecule has 0 aromatic rings. The van der Waals surface area contributed by atoms with Crippen molar-refractivity contribution in [1.29, 1.82) is 0 Å². The van der Waals surface area contributed by atoms with Crippen LogP contribution in [0.25, 0.3) is 0 Å². The van der Waals surface area contributed by atoms with E-state index in [0.717, 1.165) is 16.1 Å². The van der Waals surface area contributed by atoms with Gasteiger partial charge in [0.05, 0.1) is 0 Å². The molecule has 1 aliphatic rings. The van der Waals surface area contributed by atoms with Gasteiger partial charge in [0, 0.05) is 11.2 Å². The quantitative estimate of drug-likeness (QED) is 0.425. The monoisotopic (exact) mass is 202 g/mol. The molecule has 0 spiro atoms. The third kappa shape index (κ3) is 6.54. The fourth-order valence-corrected chi connectivity index (χ4v) is 0.440. The fourth-order valence-electron chi connectivity index (χ4n) is 0.440. The Morgan fingerprint density at radius 3 is 2.08 bits per heavy atom. The maximum atomic E-state index is 10.3. The van der Waals surface area contributed by atoms with Gasteiger partial charge in [-0.3, -0.25) is 0 Å². The van der Waals surface area contributed by atoms with E-state index in [-0.39, 0.29) is 11.6 Å². The Morgan fingerprint density at radius 2 is 2.00 bits per heavy atom. The highest BCUT2D eigenvalue weighted by Crippen LogP contribution is 2.03. The molecule has 0 N–H and O–H groups in total. The predicted octanol–water partition coefficient (Wildman–Crippen LogP) is 0.571. The first-order chi connectivity index (χ1) is 5.87. The first kappa shape index (κ1) is 12.4. The molecule has 1 rings (SSSR count). The molecule has 0 atom stereocenters. The molecular formula is C9H18O3Si. The van der Waals surface area contributed by atoms with Crippen LogP contribution in [-0.2, 0) is 14.0 Å². The van der Waals surface area contributed by atoms with Crippen LogP contribution in [0.5, 0.6) is 0 Å². The molecule has 0 unspecified atom stereocenters. The lowest BCUT2D eigenvalue weighted by Crippen LogP contribution is -2.16. The summed E-state index contributed by atoms with van der Waals surface area (Å²) in [5.74, 6) is -0.181. The fraction of sp³-hybridized carbons (Fsp3) is 0.667. The summed E-state index contributed by atoms with van der Waals surface area (Å²) in [6.07, 6.45) is 1.77. The van der Waals surface area contributed by atoms with Crippen molar-refractivity contribution in [2.24, 2.45) is 0 Å². The molecule has 76 valence electrons. The van der Waals surface area contributed by atoms with Gasteiger partial charge in [-0.15, -0.1) is 0 Å². The van der Waals surface area contributed by atoms with Crippen molar-refractivity contribution in [2.75, 3.05) is 6.61 Å². The normalized spacial score (nSPS) is 16.0. The lowest BCUT2D eigenvalue weighted by molar-refractivity contribution is -0.135. The molecule has 13 heavy (non-hydrogen) atoms. The molecule has 0 radical (unpaired) electrons. The van der Waals surface area contributed by atoms with Crippen molar-refractivity contribution in [3.8, 4) is 0 Å². The second-order valence-electron chi connectivity index (χ2n) is 3.80. The van der Waals surface area contributed by atoms with E-state index < -0.39 is 0 Å². The van der Waals surface area contributed by atoms with E-state index in [1.807, 2.05) is 0 Å². The number of hydrogen-bond acceptors (Lipinski definition) is 3. The Hall–Kier alpha value is -0.613. The number of rotatable bonds is 0. The molecule has 1 heterocycles. The smallest absolute Gasteiger partial charge is 0.333 e. The van der Waals surface area contributed by atoms with Gasteiger partial charge in [-0.25, -0.2) is 4.79 Å². The summed E-state index contributed by atoms with van der Waals surface area (Å²) in [5.41, 5.74) is 0.826. The molecule has 0 saturated carbocycles. The minimum Gasteiger partial charge on any atom is -0.458 e. The Bertz CT molecular complexity index is 203. The Morgan fingerprint density at radius 1 is 1.54 bits per heavy atom. The zero-order valence-corrected chi connectivity index (χ0v) is 11.0. The molecule has 0 aliphatic carbocycles. The van der Waals surface area contributed by atoms with E-state index in [0.29, 0.717) is 6.61 Å². The van der Waals surface area contributed by atoms with Crippen LogP contribution < -0.4 is 0 Å². The van der Waals surface area contributed by atoms with E-state index in [4.69, 9.17) is 4.43 Å². The number of carbonyl (C=O) groups is 1. The minimum absolute atomic E-state index is 0.103. The summed E-state index contributed by atoms with van der Waals surface area (Å²) in [4.78, 5) is 10.3. The highest BCUT2D eigenvalue weighted by molar-refractivity contribution is 5.98. The summed E-state index contributed by atoms with van der Waals surface area (Å²) in [6, 6.07) is 0. The standard InChI is InChI=1S/C5H6O2.C4H12OSi/c1-4-2-3-7-5(4)6;1-4(2,3)5-6/h2H,3H2,1H3;1-3,6H3. The number of esters is 1. The lowest BCUT2D eigenvalue weighted by Gasteiger charge is -2.15. The van der Waals surface area contributed by atoms with Crippen LogP contribution in [0.1, 0.15) is 27.7 Å². The van der Waals surface area contributed by atoms with Gasteiger partial charge in [-0.1, -0.05) is 0 Å². The van der Waals surface area contributed by atoms with Crippen LogP contribution in [0.3, 0.4) is 0 Å². The number of carbonyl (C=O) groups excluding carboxylic acids is 1. The summed E-state index contributed by atoms with van der Waals surface area (Å²) >= 11 is 0. The summed E-state index contributed by atoms with van der Waals surface area (Å²) < 4.78 is 9.61. The van der Waals surface area contributed by atoms with Gasteiger partial charge in [0.15, 0.2) is 0 Å². The van der Waals surface area contributed by atoms with E-state index >= 15 is 0 Å². The summed E-state index contributed by atoms with van der Waals surface area (Å²) in [5, 5.41) is 0. The number of cyclic esters (lactones) is 1. The zero-order valence-electron chi connectivity index (χ0n) is 9.01. The van der Waals surface area contributed by atoms with Crippen LogP contribution in [-0.4, -0.2) is 28.7 Å². The van der Waals surface area contributed by atoms with Gasteiger partial charge in [0.1, 0.15) is 17.1 Å². The first-order valence-corrected chi connectivity index (χ1v) is 5.07. The van der Waals surface area contributed by atoms with Gasteiger partial charge in [-0.05, 0) is 33.8 Å². The molecule has 4 heteroatoms. The van der Waals surface area contributed by atoms with Crippen LogP contribution in [0, 0.1) is 0 Å². The molecule has 1 aliphatic heterocycles. The molecule has 3 nitrogen and oxygen atoms in total. The third-order valence-electron chi connectivity index (χ3n) is 1.54. The summed E-state index contributed by atoms with van der Waals surface area (Å²) in [7, 11) is 0.848. The summed E-state index contributed by atoms with van der Waals surface area (Å²) in [6.45, 7) is 8.38. The molecule has 0 aromatic heterocycles. The highest BCUT2D eigenvalue weighted by atomic mass is 28.2. The predicted molar refractivity (Wildman–Crippen MR) is 55.5 cm³/mol. The van der Waals surface area contributed by atoms with Gasteiger partial charge in [-0.2, -0.15) is 0 Å². The third-order valence-corrected chi connectivity index (χ3v) is 2.76. The average molecular weight is 202 g/mol. The molecule has 0 saturated heterocycles. The van der Waals surface area contributed by atoms with E-state index in [2.05, 4.69) is 25.5 Å². The van der Waals surface area contributed by atoms with Crippen molar-refractivity contribution < 1.29 is 14.0 Å². The van der Waals surface area contributed by atoms with Crippen LogP contribution in [0.15, 0.2) is 11.6 Å². The highest BCUT2D eigenvalue weighted by Gasteiger charge is 2.09. The van der Waals surface area contributed by atoms with Crippen molar-refractivity contribution in [3.05, 3.63) is 11.6 Å². The topological polar surface area (TPSA) is 35.5 Å². The Labute approximate surface area is 82.7 Å². The number of hydrogen-bond donors (Lipinski definition) is 0. The van der Waals surface area contributed by atoms with Gasteiger partial charge in [0.25, 0.3) is 0 Å². The lowest BCUT2D eigenvalue weighted by atomic mass is 10.2. The second kappa shape index (κ2) is 5.19. The molecule has 0 amide bonds. The average Bonchev–Trinajstić information content (AvgIpc) is 2.36. The van der Waals surface area contributed by atoms with Crippen molar-refractivity contribution in [1.82, 2.24) is 0 Å². The maximum Gasteiger partial charge on any atom is 0.333 e. The van der Waals surface area contributed by atoms with E-state index in [1.165, 1.54) is 0 Å². The number of ether oxygens (including phenoxy) is 1. The SMILES string of the molecule is CC(C)(C)O[SiH3].CC1=CCOC1=O. The second-order valence-corrected chi connectivity index (χ2v) is 4.21. The van der Waals surface area contributed by atoms with Gasteiger partial charge >= 0.3 is 5.97 Å². The van der Waals surface area contributed by atoms with Gasteiger partial charge in [0.2, 0.25) is 0 Å². The molecule has 0 bridgehead atoms. The minimum atomic E-state index is -0.181. The van der Waals surface area contributed by atoms with Crippen LogP contribution in [0.4, 0.5) is 0 Å². The largest absolute Gasteiger partial charge is 0.458 e. The molecule has 0 aromatic carbocycles. The molecule has 0 fully saturated rings. The maximum absolute atomic E-state index is 10.3. The molecular weight excluding hydrogens is 184 g/mol. The van der Waals surface area contributed by atoms with Crippen molar-refractivity contribution in [3.63, 3.8) is 0 Å². The Balaban J connectivity index is 0.000000226.